The van der Waals surface area contributed by atoms with Crippen molar-refractivity contribution in [3.05, 3.63) is 82.6 Å². The van der Waals surface area contributed by atoms with Crippen molar-refractivity contribution in [3.63, 3.8) is 0 Å². The number of hydrogen-bond donors (Lipinski definition) is 2. The van der Waals surface area contributed by atoms with Gasteiger partial charge in [0.1, 0.15) is 17.3 Å². The Hall–Kier alpha value is -3.58. The van der Waals surface area contributed by atoms with Crippen LogP contribution in [0.25, 0.3) is 22.1 Å². The molecule has 0 aliphatic heterocycles. The van der Waals surface area contributed by atoms with Crippen molar-refractivity contribution in [2.75, 3.05) is 13.7 Å². The Kier molecular flexibility index (Phi) is 5.41. The van der Waals surface area contributed by atoms with E-state index >= 15 is 0 Å². The Balaban J connectivity index is 1.32. The molecule has 0 radical (unpaired) electrons. The van der Waals surface area contributed by atoms with Crippen molar-refractivity contribution >= 4 is 33.7 Å². The van der Waals surface area contributed by atoms with E-state index in [2.05, 4.69) is 19.9 Å². The number of nitrogens with zero attached hydrogens (tertiary/aromatic N) is 2. The van der Waals surface area contributed by atoms with E-state index in [-0.39, 0.29) is 5.82 Å². The van der Waals surface area contributed by atoms with Crippen LogP contribution in [0.1, 0.15) is 17.0 Å². The fraction of sp³-hybridized carbons (Fsp3) is 0.167. The third-order valence-electron chi connectivity index (χ3n) is 5.33. The van der Waals surface area contributed by atoms with Gasteiger partial charge in [0.05, 0.1) is 29.8 Å². The molecule has 0 amide bonds. The Bertz CT molecular complexity index is 1380. The van der Waals surface area contributed by atoms with E-state index in [9.17, 15) is 4.39 Å². The van der Waals surface area contributed by atoms with E-state index in [0.717, 1.165) is 27.8 Å². The first kappa shape index (κ1) is 20.3. The highest BCUT2D eigenvalue weighted by molar-refractivity contribution is 6.31. The molecule has 8 heteroatoms. The quantitative estimate of drug-likeness (QED) is 0.345. The van der Waals surface area contributed by atoms with Crippen LogP contribution < -0.4 is 9.47 Å². The standard InChI is InChI=1S/C24H20ClFN4O2/c1-31-21-9-14(8-15-12-27-24-17(15)10-16(25)13-28-24)18(26)11-22(21)32-7-6-23-29-19-4-2-3-5-20(19)30-23/h2-5,9-13H,6-8H2,1H3,(H,27,28)(H,29,30). The summed E-state index contributed by atoms with van der Waals surface area (Å²) in [6, 6.07) is 12.7. The molecule has 6 nitrogen and oxygen atoms in total. The SMILES string of the molecule is COc1cc(Cc2c[nH]c3ncc(Cl)cc23)c(F)cc1OCCc1nc2ccccc2[nH]1. The summed E-state index contributed by atoms with van der Waals surface area (Å²) in [5.41, 5.74) is 3.98. The van der Waals surface area contributed by atoms with Crippen molar-refractivity contribution in [1.82, 2.24) is 19.9 Å². The second kappa shape index (κ2) is 8.51. The van der Waals surface area contributed by atoms with Gasteiger partial charge in [0.25, 0.3) is 0 Å². The lowest BCUT2D eigenvalue weighted by Gasteiger charge is -2.13. The summed E-state index contributed by atoms with van der Waals surface area (Å²) in [6.07, 6.45) is 4.32. The van der Waals surface area contributed by atoms with Crippen molar-refractivity contribution in [1.29, 1.82) is 0 Å². The fourth-order valence-electron chi connectivity index (χ4n) is 3.75. The third-order valence-corrected chi connectivity index (χ3v) is 5.54. The molecule has 2 N–H and O–H groups in total. The Morgan fingerprint density at radius 3 is 2.81 bits per heavy atom. The van der Waals surface area contributed by atoms with Crippen molar-refractivity contribution in [3.8, 4) is 11.5 Å². The molecule has 3 aromatic heterocycles. The Labute approximate surface area is 188 Å². The zero-order valence-electron chi connectivity index (χ0n) is 17.3. The monoisotopic (exact) mass is 450 g/mol. The molecule has 32 heavy (non-hydrogen) atoms. The Morgan fingerprint density at radius 2 is 1.97 bits per heavy atom. The molecule has 0 aliphatic rings. The molecule has 0 saturated carbocycles. The van der Waals surface area contributed by atoms with Crippen LogP contribution in [0.5, 0.6) is 11.5 Å². The molecule has 2 aromatic carbocycles. The number of nitrogens with one attached hydrogen (secondary N) is 2. The normalized spacial score (nSPS) is 11.3. The number of para-hydroxylation sites is 2. The molecule has 0 bridgehead atoms. The summed E-state index contributed by atoms with van der Waals surface area (Å²) in [5.74, 6) is 1.28. The molecule has 0 saturated heterocycles. The van der Waals surface area contributed by atoms with Crippen molar-refractivity contribution in [2.45, 2.75) is 12.8 Å². The van der Waals surface area contributed by atoms with Gasteiger partial charge in [-0.3, -0.25) is 0 Å². The lowest BCUT2D eigenvalue weighted by Crippen LogP contribution is -2.05. The van der Waals surface area contributed by atoms with Gasteiger partial charge in [-0.1, -0.05) is 23.7 Å². The Morgan fingerprint density at radius 1 is 1.09 bits per heavy atom. The summed E-state index contributed by atoms with van der Waals surface area (Å²) < 4.78 is 26.2. The van der Waals surface area contributed by atoms with Gasteiger partial charge in [0.15, 0.2) is 11.5 Å². The number of ether oxygens (including phenoxy) is 2. The first-order valence-corrected chi connectivity index (χ1v) is 10.5. The lowest BCUT2D eigenvalue weighted by atomic mass is 10.0. The van der Waals surface area contributed by atoms with E-state index < -0.39 is 0 Å². The number of halogens is 2. The summed E-state index contributed by atoms with van der Waals surface area (Å²) in [4.78, 5) is 15.1. The number of benzene rings is 2. The second-order valence-electron chi connectivity index (χ2n) is 7.43. The van der Waals surface area contributed by atoms with E-state index in [1.54, 1.807) is 19.4 Å². The van der Waals surface area contributed by atoms with Crippen LogP contribution in [-0.4, -0.2) is 33.7 Å². The van der Waals surface area contributed by atoms with Gasteiger partial charge in [0.2, 0.25) is 0 Å². The highest BCUT2D eigenvalue weighted by Gasteiger charge is 2.15. The van der Waals surface area contributed by atoms with Crippen molar-refractivity contribution in [2.24, 2.45) is 0 Å². The van der Waals surface area contributed by atoms with Crippen LogP contribution in [0, 0.1) is 5.82 Å². The molecule has 5 aromatic rings. The molecule has 0 spiro atoms. The summed E-state index contributed by atoms with van der Waals surface area (Å²) >= 11 is 6.07. The average molecular weight is 451 g/mol. The minimum Gasteiger partial charge on any atom is -0.493 e. The van der Waals surface area contributed by atoms with Gasteiger partial charge in [-0.15, -0.1) is 0 Å². The number of imidazole rings is 1. The predicted molar refractivity (Wildman–Crippen MR) is 122 cm³/mol. The van der Waals surface area contributed by atoms with Crippen molar-refractivity contribution < 1.29 is 13.9 Å². The highest BCUT2D eigenvalue weighted by Crippen LogP contribution is 2.32. The first-order valence-electron chi connectivity index (χ1n) is 10.1. The van der Waals surface area contributed by atoms with Gasteiger partial charge < -0.3 is 19.4 Å². The number of pyridine rings is 1. The molecular formula is C24H20ClFN4O2. The highest BCUT2D eigenvalue weighted by atomic mass is 35.5. The fourth-order valence-corrected chi connectivity index (χ4v) is 3.91. The number of hydrogen-bond acceptors (Lipinski definition) is 4. The smallest absolute Gasteiger partial charge is 0.164 e. The maximum absolute atomic E-state index is 14.9. The number of rotatable bonds is 7. The van der Waals surface area contributed by atoms with Crippen LogP contribution in [-0.2, 0) is 12.8 Å². The van der Waals surface area contributed by atoms with E-state index in [1.165, 1.54) is 6.07 Å². The topological polar surface area (TPSA) is 75.8 Å². The number of aromatic amines is 2. The molecule has 3 heterocycles. The van der Waals surface area contributed by atoms with E-state index in [0.29, 0.717) is 47.2 Å². The molecule has 0 unspecified atom stereocenters. The predicted octanol–water partition coefficient (Wildman–Crippen LogP) is 5.45. The summed E-state index contributed by atoms with van der Waals surface area (Å²) in [6.45, 7) is 0.335. The summed E-state index contributed by atoms with van der Waals surface area (Å²) in [7, 11) is 1.54. The molecule has 162 valence electrons. The molecule has 5 rings (SSSR count). The number of aromatic nitrogens is 4. The number of fused-ring (bicyclic) bond motifs is 2. The minimum atomic E-state index is -0.367. The van der Waals surface area contributed by atoms with E-state index in [4.69, 9.17) is 21.1 Å². The zero-order chi connectivity index (χ0) is 22.1. The van der Waals surface area contributed by atoms with Crippen LogP contribution in [0.3, 0.4) is 0 Å². The van der Waals surface area contributed by atoms with Gasteiger partial charge >= 0.3 is 0 Å². The van der Waals surface area contributed by atoms with Gasteiger partial charge in [0, 0.05) is 36.7 Å². The third kappa shape index (κ3) is 3.99. The van der Waals surface area contributed by atoms with Gasteiger partial charge in [-0.25, -0.2) is 14.4 Å². The molecule has 0 atom stereocenters. The number of methoxy groups -OCH3 is 1. The maximum Gasteiger partial charge on any atom is 0.164 e. The lowest BCUT2D eigenvalue weighted by molar-refractivity contribution is 0.293. The van der Waals surface area contributed by atoms with Crippen LogP contribution in [0.2, 0.25) is 5.02 Å². The maximum atomic E-state index is 14.9. The van der Waals surface area contributed by atoms with E-state index in [1.807, 2.05) is 36.5 Å². The molecular weight excluding hydrogens is 431 g/mol. The summed E-state index contributed by atoms with van der Waals surface area (Å²) in [5, 5.41) is 1.40. The second-order valence-corrected chi connectivity index (χ2v) is 7.87. The van der Waals surface area contributed by atoms with Crippen LogP contribution >= 0.6 is 11.6 Å². The average Bonchev–Trinajstić information content (AvgIpc) is 3.38. The molecule has 0 aliphatic carbocycles. The van der Waals surface area contributed by atoms with Gasteiger partial charge in [-0.2, -0.15) is 0 Å². The zero-order valence-corrected chi connectivity index (χ0v) is 18.0. The minimum absolute atomic E-state index is 0.335. The van der Waals surface area contributed by atoms with Gasteiger partial charge in [-0.05, 0) is 35.4 Å². The molecule has 0 fully saturated rings. The largest absolute Gasteiger partial charge is 0.493 e. The van der Waals surface area contributed by atoms with Crippen LogP contribution in [0.4, 0.5) is 4.39 Å². The number of H-pyrrole nitrogens is 2. The van der Waals surface area contributed by atoms with Crippen LogP contribution in [0.15, 0.2) is 54.9 Å². The first-order chi connectivity index (χ1) is 15.6.